The molecule has 0 radical (unpaired) electrons. The molecular formula is C36H30F4N6O5. The monoisotopic (exact) mass is 702 g/mol. The average Bonchev–Trinajstić information content (AvgIpc) is 3.75. The molecule has 15 heteroatoms. The zero-order chi connectivity index (χ0) is 36.9. The molecule has 6 N–H and O–H groups in total. The highest BCUT2D eigenvalue weighted by atomic mass is 19.2. The lowest BCUT2D eigenvalue weighted by molar-refractivity contribution is -0.123. The molecule has 2 amide bonds. The number of primary amides is 1. The quantitative estimate of drug-likeness (QED) is 0.0815. The number of nitrogen functional groups attached to an aromatic ring is 1. The molecule has 2 heterocycles. The first kappa shape index (κ1) is 34.8. The molecule has 1 fully saturated rings. The molecule has 1 aliphatic heterocycles. The van der Waals surface area contributed by atoms with Crippen LogP contribution >= 0.6 is 0 Å². The van der Waals surface area contributed by atoms with Gasteiger partial charge in [-0.05, 0) is 55.0 Å². The summed E-state index contributed by atoms with van der Waals surface area (Å²) in [5.41, 5.74) is 6.38. The Kier molecular flexibility index (Phi) is 8.68. The highest BCUT2D eigenvalue weighted by Gasteiger charge is 2.46. The maximum Gasteiger partial charge on any atom is 0.251 e. The first-order chi connectivity index (χ1) is 24.1. The number of rotatable bonds is 10. The number of carbonyl (C=O) groups excluding carboxylic acids is 2. The van der Waals surface area contributed by atoms with Crippen molar-refractivity contribution in [2.45, 2.75) is 36.6 Å². The minimum absolute atomic E-state index is 0.0276. The highest BCUT2D eigenvalue weighted by Crippen LogP contribution is 2.47. The van der Waals surface area contributed by atoms with E-state index in [1.807, 2.05) is 0 Å². The fraction of sp³-hybridized carbons (Fsp3) is 0.250. The van der Waals surface area contributed by atoms with Crippen LogP contribution in [0.4, 0.5) is 23.2 Å². The van der Waals surface area contributed by atoms with Crippen molar-refractivity contribution in [3.8, 4) is 28.8 Å². The van der Waals surface area contributed by atoms with Gasteiger partial charge in [-0.3, -0.25) is 14.6 Å². The lowest BCUT2D eigenvalue weighted by Gasteiger charge is -2.30. The summed E-state index contributed by atoms with van der Waals surface area (Å²) in [4.78, 5) is 34.7. The van der Waals surface area contributed by atoms with Crippen LogP contribution in [0.5, 0.6) is 11.5 Å². The van der Waals surface area contributed by atoms with E-state index in [2.05, 4.69) is 15.3 Å². The molecule has 1 unspecified atom stereocenters. The van der Waals surface area contributed by atoms with Crippen LogP contribution in [0.15, 0.2) is 59.6 Å². The van der Waals surface area contributed by atoms with Gasteiger partial charge in [0, 0.05) is 41.3 Å². The van der Waals surface area contributed by atoms with Crippen molar-refractivity contribution in [2.24, 2.45) is 10.7 Å². The van der Waals surface area contributed by atoms with Crippen molar-refractivity contribution in [2.75, 3.05) is 26.0 Å². The Labute approximate surface area is 288 Å². The van der Waals surface area contributed by atoms with Crippen LogP contribution in [-0.2, 0) is 15.8 Å². The number of hydrogen-bond donors (Lipinski definition) is 4. The summed E-state index contributed by atoms with van der Waals surface area (Å²) < 4.78 is 70.4. The number of alkyl halides is 1. The lowest BCUT2D eigenvalue weighted by Crippen LogP contribution is -2.43. The Morgan fingerprint density at radius 2 is 1.92 bits per heavy atom. The van der Waals surface area contributed by atoms with Gasteiger partial charge in [0.1, 0.15) is 58.3 Å². The Morgan fingerprint density at radius 3 is 2.57 bits per heavy atom. The summed E-state index contributed by atoms with van der Waals surface area (Å²) in [5, 5.41) is 24.3. The number of nitrogens with two attached hydrogens (primary N) is 2. The van der Waals surface area contributed by atoms with E-state index < -0.39 is 63.7 Å². The number of fused-ring (bicyclic) bond motifs is 1. The summed E-state index contributed by atoms with van der Waals surface area (Å²) in [6.07, 6.45) is 1.69. The predicted octanol–water partition coefficient (Wildman–Crippen LogP) is 4.31. The minimum atomic E-state index is -2.40. The third-order valence-corrected chi connectivity index (χ3v) is 9.03. The van der Waals surface area contributed by atoms with Crippen molar-refractivity contribution in [1.29, 1.82) is 5.26 Å². The molecule has 0 spiro atoms. The molecular weight excluding hydrogens is 672 g/mol. The Morgan fingerprint density at radius 1 is 1.18 bits per heavy atom. The van der Waals surface area contributed by atoms with Gasteiger partial charge in [0.05, 0.1) is 30.6 Å². The summed E-state index contributed by atoms with van der Waals surface area (Å²) in [5.74, 6) is -6.32. The van der Waals surface area contributed by atoms with Gasteiger partial charge in [-0.1, -0.05) is 12.1 Å². The van der Waals surface area contributed by atoms with Crippen LogP contribution in [0.3, 0.4) is 0 Å². The van der Waals surface area contributed by atoms with Crippen LogP contribution in [0, 0.1) is 28.8 Å². The van der Waals surface area contributed by atoms with Crippen molar-refractivity contribution >= 4 is 23.7 Å². The maximum atomic E-state index is 15.5. The molecule has 262 valence electrons. The van der Waals surface area contributed by atoms with E-state index >= 15 is 4.39 Å². The predicted molar refractivity (Wildman–Crippen MR) is 176 cm³/mol. The van der Waals surface area contributed by atoms with E-state index in [-0.39, 0.29) is 70.3 Å². The van der Waals surface area contributed by atoms with Crippen LogP contribution in [-0.4, -0.2) is 54.2 Å². The van der Waals surface area contributed by atoms with Gasteiger partial charge in [0.2, 0.25) is 5.91 Å². The summed E-state index contributed by atoms with van der Waals surface area (Å²) in [6.45, 7) is 0.429. The summed E-state index contributed by atoms with van der Waals surface area (Å²) in [7, 11) is 1.32. The molecule has 1 saturated carbocycles. The van der Waals surface area contributed by atoms with Gasteiger partial charge >= 0.3 is 0 Å². The van der Waals surface area contributed by atoms with E-state index in [1.54, 1.807) is 6.07 Å². The number of amides is 2. The number of aliphatic hydroxyl groups is 1. The SMILES string of the molecule is COc1cc(C(=O)NCC(O)(c2cccc(F)c2)c2cc3c(c(-c4cc(F)c(C#N)cc4F)n2)OC[C@]3(C)C(N)=O)cc(/C=N/C2(F)CC2)c1N. The second kappa shape index (κ2) is 12.7. The first-order valence-electron chi connectivity index (χ1n) is 15.5. The zero-order valence-electron chi connectivity index (χ0n) is 27.2. The second-order valence-electron chi connectivity index (χ2n) is 12.6. The Hall–Kier alpha value is -6.01. The van der Waals surface area contributed by atoms with Gasteiger partial charge in [-0.15, -0.1) is 0 Å². The Balaban J connectivity index is 1.48. The number of benzene rings is 3. The van der Waals surface area contributed by atoms with Gasteiger partial charge < -0.3 is 31.4 Å². The van der Waals surface area contributed by atoms with Crippen LogP contribution in [0.1, 0.15) is 58.1 Å². The molecule has 11 nitrogen and oxygen atoms in total. The number of pyridine rings is 1. The standard InChI is InChI=1S/C36H30F4N6O5/c1-34(33(43)48)17-51-31-24(34)13-28(46-30(31)23-12-25(38)19(14-41)9-26(23)39)36(49,21-4-3-5-22(37)11-21)16-44-32(47)18-8-20(15-45-35(40)6-7-35)29(42)27(10-18)50-2/h3-5,8-13,15,49H,6-7,16-17,42H2,1-2H3,(H2,43,48)(H,44,47)/b45-15+/t34-,36?/m0/s1. The second-order valence-corrected chi connectivity index (χ2v) is 12.6. The normalized spacial score (nSPS) is 18.3. The molecule has 4 aromatic rings. The van der Waals surface area contributed by atoms with Crippen LogP contribution in [0.2, 0.25) is 0 Å². The zero-order valence-corrected chi connectivity index (χ0v) is 27.2. The molecule has 0 bridgehead atoms. The molecule has 6 rings (SSSR count). The van der Waals surface area contributed by atoms with Crippen LogP contribution < -0.4 is 26.3 Å². The number of anilines is 1. The van der Waals surface area contributed by atoms with E-state index in [0.717, 1.165) is 18.2 Å². The number of halogens is 4. The Bertz CT molecular complexity index is 2190. The largest absolute Gasteiger partial charge is 0.495 e. The van der Waals surface area contributed by atoms with E-state index in [9.17, 15) is 33.1 Å². The first-order valence-corrected chi connectivity index (χ1v) is 15.5. The number of nitriles is 1. The number of nitrogens with zero attached hydrogens (tertiary/aromatic N) is 3. The van der Waals surface area contributed by atoms with Gasteiger partial charge in [-0.25, -0.2) is 22.5 Å². The number of aromatic nitrogens is 1. The van der Waals surface area contributed by atoms with Crippen molar-refractivity contribution in [1.82, 2.24) is 10.3 Å². The van der Waals surface area contributed by atoms with Crippen LogP contribution in [0.25, 0.3) is 11.3 Å². The summed E-state index contributed by atoms with van der Waals surface area (Å²) >= 11 is 0. The number of nitrogens with one attached hydrogen (secondary N) is 1. The molecule has 2 atom stereocenters. The average molecular weight is 703 g/mol. The highest BCUT2D eigenvalue weighted by molar-refractivity contribution is 5.99. The van der Waals surface area contributed by atoms with Crippen molar-refractivity contribution < 1.29 is 41.7 Å². The van der Waals surface area contributed by atoms with E-state index in [4.69, 9.17) is 20.9 Å². The topological polar surface area (TPSA) is 186 Å². The molecule has 3 aromatic carbocycles. The van der Waals surface area contributed by atoms with E-state index in [1.165, 1.54) is 50.6 Å². The van der Waals surface area contributed by atoms with Crippen molar-refractivity contribution in [3.05, 3.63) is 106 Å². The molecule has 1 aliphatic carbocycles. The minimum Gasteiger partial charge on any atom is -0.495 e. The number of aliphatic imine (C=N–C) groups is 1. The smallest absolute Gasteiger partial charge is 0.251 e. The molecule has 51 heavy (non-hydrogen) atoms. The maximum absolute atomic E-state index is 15.5. The van der Waals surface area contributed by atoms with Crippen molar-refractivity contribution in [3.63, 3.8) is 0 Å². The summed E-state index contributed by atoms with van der Waals surface area (Å²) in [6, 6.07) is 11.6. The third-order valence-electron chi connectivity index (χ3n) is 9.03. The molecule has 0 saturated heterocycles. The van der Waals surface area contributed by atoms with Gasteiger partial charge in [0.15, 0.2) is 5.79 Å². The fourth-order valence-corrected chi connectivity index (χ4v) is 5.66. The number of carbonyl (C=O) groups is 2. The number of hydrogen-bond acceptors (Lipinski definition) is 9. The van der Waals surface area contributed by atoms with E-state index in [0.29, 0.717) is 6.07 Å². The molecule has 1 aromatic heterocycles. The van der Waals surface area contributed by atoms with Gasteiger partial charge in [-0.2, -0.15) is 5.26 Å². The molecule has 2 aliphatic rings. The third kappa shape index (κ3) is 6.30. The fourth-order valence-electron chi connectivity index (χ4n) is 5.66. The van der Waals surface area contributed by atoms with Gasteiger partial charge in [0.25, 0.3) is 5.91 Å². The number of ether oxygens (including phenoxy) is 2. The lowest BCUT2D eigenvalue weighted by atomic mass is 9.80. The number of methoxy groups -OCH3 is 1.